The van der Waals surface area contributed by atoms with Crippen LogP contribution in [0.2, 0.25) is 10.0 Å². The second-order valence-electron chi connectivity index (χ2n) is 6.01. The Balaban J connectivity index is 1.68. The maximum Gasteiger partial charge on any atom is 0.251 e. The number of halogens is 2. The highest BCUT2D eigenvalue weighted by molar-refractivity contribution is 7.08. The van der Waals surface area contributed by atoms with Crippen molar-refractivity contribution >= 4 is 40.4 Å². The highest BCUT2D eigenvalue weighted by atomic mass is 35.5. The van der Waals surface area contributed by atoms with Crippen molar-refractivity contribution in [2.45, 2.75) is 25.3 Å². The summed E-state index contributed by atoms with van der Waals surface area (Å²) in [5.74, 6) is -0.120. The largest absolute Gasteiger partial charge is 0.350 e. The molecule has 2 aromatic rings. The highest BCUT2D eigenvalue weighted by Crippen LogP contribution is 2.26. The number of hydrogen-bond acceptors (Lipinski definition) is 3. The predicted octanol–water partition coefficient (Wildman–Crippen LogP) is 5.01. The molecular formula is C18H20Cl2N2OS. The summed E-state index contributed by atoms with van der Waals surface area (Å²) in [6, 6.07) is 7.34. The second kappa shape index (κ2) is 8.34. The minimum Gasteiger partial charge on any atom is -0.350 e. The minimum absolute atomic E-state index is 0.120. The van der Waals surface area contributed by atoms with Gasteiger partial charge < -0.3 is 5.32 Å². The van der Waals surface area contributed by atoms with Crippen molar-refractivity contribution in [2.75, 3.05) is 19.6 Å². The van der Waals surface area contributed by atoms with Gasteiger partial charge in [0.15, 0.2) is 0 Å². The van der Waals surface area contributed by atoms with E-state index in [1.54, 1.807) is 29.5 Å². The fourth-order valence-corrected chi connectivity index (χ4v) is 4.09. The third kappa shape index (κ3) is 4.31. The van der Waals surface area contributed by atoms with Crippen molar-refractivity contribution in [2.24, 2.45) is 0 Å². The Bertz CT molecular complexity index is 684. The number of nitrogens with zero attached hydrogens (tertiary/aromatic N) is 1. The fraction of sp³-hybridized carbons (Fsp3) is 0.389. The van der Waals surface area contributed by atoms with E-state index in [1.165, 1.54) is 24.8 Å². The van der Waals surface area contributed by atoms with Crippen molar-refractivity contribution in [3.63, 3.8) is 0 Å². The van der Waals surface area contributed by atoms with Crippen LogP contribution in [0.5, 0.6) is 0 Å². The Kier molecular flexibility index (Phi) is 6.17. The first-order valence-corrected chi connectivity index (χ1v) is 9.84. The van der Waals surface area contributed by atoms with Gasteiger partial charge in [-0.3, -0.25) is 9.69 Å². The standard InChI is InChI=1S/C18H20Cl2N2OS/c19-15-5-4-13(10-16(15)20)18(23)21-11-17(14-6-9-24-12-14)22-7-2-1-3-8-22/h4-6,9-10,12,17H,1-3,7-8,11H2,(H,21,23). The lowest BCUT2D eigenvalue weighted by atomic mass is 10.0. The topological polar surface area (TPSA) is 32.3 Å². The molecule has 6 heteroatoms. The lowest BCUT2D eigenvalue weighted by Crippen LogP contribution is -2.40. The van der Waals surface area contributed by atoms with Gasteiger partial charge in [-0.15, -0.1) is 0 Å². The zero-order valence-corrected chi connectivity index (χ0v) is 15.6. The molecule has 0 saturated carbocycles. The molecule has 1 aromatic heterocycles. The van der Waals surface area contributed by atoms with Gasteiger partial charge in [-0.2, -0.15) is 11.3 Å². The van der Waals surface area contributed by atoms with Crippen LogP contribution >= 0.6 is 34.5 Å². The van der Waals surface area contributed by atoms with Crippen LogP contribution in [0.3, 0.4) is 0 Å². The van der Waals surface area contributed by atoms with E-state index in [2.05, 4.69) is 27.0 Å². The Morgan fingerprint density at radius 1 is 1.17 bits per heavy atom. The van der Waals surface area contributed by atoms with Gasteiger partial charge in [-0.1, -0.05) is 29.6 Å². The van der Waals surface area contributed by atoms with Crippen molar-refractivity contribution in [3.05, 3.63) is 56.2 Å². The summed E-state index contributed by atoms with van der Waals surface area (Å²) in [7, 11) is 0. The maximum absolute atomic E-state index is 12.4. The molecule has 128 valence electrons. The summed E-state index contributed by atoms with van der Waals surface area (Å²) in [6.07, 6.45) is 3.74. The van der Waals surface area contributed by atoms with E-state index >= 15 is 0 Å². The molecule has 1 fully saturated rings. The summed E-state index contributed by atoms with van der Waals surface area (Å²) >= 11 is 13.6. The van der Waals surface area contributed by atoms with E-state index in [1.807, 2.05) is 0 Å². The summed E-state index contributed by atoms with van der Waals surface area (Å²) < 4.78 is 0. The van der Waals surface area contributed by atoms with E-state index in [0.29, 0.717) is 22.2 Å². The van der Waals surface area contributed by atoms with Gasteiger partial charge in [0.1, 0.15) is 0 Å². The number of rotatable bonds is 5. The van der Waals surface area contributed by atoms with E-state index in [4.69, 9.17) is 23.2 Å². The Hall–Kier alpha value is -1.07. The molecule has 1 N–H and O–H groups in total. The van der Waals surface area contributed by atoms with Crippen molar-refractivity contribution < 1.29 is 4.79 Å². The van der Waals surface area contributed by atoms with E-state index in [9.17, 15) is 4.79 Å². The maximum atomic E-state index is 12.4. The van der Waals surface area contributed by atoms with Crippen LogP contribution in [0.15, 0.2) is 35.0 Å². The first-order chi connectivity index (χ1) is 11.6. The molecule has 1 amide bonds. The highest BCUT2D eigenvalue weighted by Gasteiger charge is 2.23. The third-order valence-electron chi connectivity index (χ3n) is 4.40. The molecule has 0 spiro atoms. The predicted molar refractivity (Wildman–Crippen MR) is 101 cm³/mol. The van der Waals surface area contributed by atoms with Crippen LogP contribution < -0.4 is 5.32 Å². The quantitative estimate of drug-likeness (QED) is 0.787. The molecule has 3 rings (SSSR count). The molecule has 1 unspecified atom stereocenters. The number of hydrogen-bond donors (Lipinski definition) is 1. The van der Waals surface area contributed by atoms with Gasteiger partial charge in [-0.05, 0) is 66.5 Å². The molecule has 24 heavy (non-hydrogen) atoms. The zero-order chi connectivity index (χ0) is 16.9. The second-order valence-corrected chi connectivity index (χ2v) is 7.60. The Morgan fingerprint density at radius 2 is 1.96 bits per heavy atom. The summed E-state index contributed by atoms with van der Waals surface area (Å²) in [6.45, 7) is 2.77. The zero-order valence-electron chi connectivity index (χ0n) is 13.3. The average Bonchev–Trinajstić information content (AvgIpc) is 3.12. The van der Waals surface area contributed by atoms with Crippen molar-refractivity contribution in [3.8, 4) is 0 Å². The molecule has 0 aliphatic carbocycles. The van der Waals surface area contributed by atoms with E-state index < -0.39 is 0 Å². The number of carbonyl (C=O) groups is 1. The molecule has 0 radical (unpaired) electrons. The average molecular weight is 383 g/mol. The van der Waals surface area contributed by atoms with Crippen molar-refractivity contribution in [1.29, 1.82) is 0 Å². The fourth-order valence-electron chi connectivity index (χ4n) is 3.08. The molecule has 2 heterocycles. The molecule has 1 saturated heterocycles. The number of likely N-dealkylation sites (tertiary alicyclic amines) is 1. The number of piperidine rings is 1. The number of nitrogens with one attached hydrogen (secondary N) is 1. The monoisotopic (exact) mass is 382 g/mol. The van der Waals surface area contributed by atoms with E-state index in [0.717, 1.165) is 13.1 Å². The van der Waals surface area contributed by atoms with Crippen molar-refractivity contribution in [1.82, 2.24) is 10.2 Å². The SMILES string of the molecule is O=C(NCC(c1ccsc1)N1CCCCC1)c1ccc(Cl)c(Cl)c1. The summed E-state index contributed by atoms with van der Waals surface area (Å²) in [5, 5.41) is 8.17. The van der Waals surface area contributed by atoms with Crippen LogP contribution in [0.4, 0.5) is 0 Å². The van der Waals surface area contributed by atoms with Gasteiger partial charge in [0.25, 0.3) is 5.91 Å². The van der Waals surface area contributed by atoms with Gasteiger partial charge in [-0.25, -0.2) is 0 Å². The molecular weight excluding hydrogens is 363 g/mol. The van der Waals surface area contributed by atoms with Gasteiger partial charge in [0.05, 0.1) is 16.1 Å². The van der Waals surface area contributed by atoms with Crippen LogP contribution in [-0.2, 0) is 0 Å². The van der Waals surface area contributed by atoms with E-state index in [-0.39, 0.29) is 11.9 Å². The molecule has 0 bridgehead atoms. The van der Waals surface area contributed by atoms with Crippen LogP contribution in [0.25, 0.3) is 0 Å². The van der Waals surface area contributed by atoms with Crippen LogP contribution in [0, 0.1) is 0 Å². The van der Waals surface area contributed by atoms with Crippen LogP contribution in [0.1, 0.15) is 41.2 Å². The summed E-state index contributed by atoms with van der Waals surface area (Å²) in [5.41, 5.74) is 1.81. The lowest BCUT2D eigenvalue weighted by molar-refractivity contribution is 0.0924. The first-order valence-electron chi connectivity index (χ1n) is 8.14. The number of amides is 1. The number of thiophene rings is 1. The smallest absolute Gasteiger partial charge is 0.251 e. The molecule has 1 aliphatic rings. The molecule has 1 aromatic carbocycles. The van der Waals surface area contributed by atoms with Gasteiger partial charge >= 0.3 is 0 Å². The first kappa shape index (κ1) is 17.7. The molecule has 1 aliphatic heterocycles. The Labute approximate surface area is 156 Å². The number of benzene rings is 1. The lowest BCUT2D eigenvalue weighted by Gasteiger charge is -2.34. The Morgan fingerprint density at radius 3 is 2.62 bits per heavy atom. The third-order valence-corrected chi connectivity index (χ3v) is 5.84. The normalized spacial score (nSPS) is 16.8. The van der Waals surface area contributed by atoms with Gasteiger partial charge in [0.2, 0.25) is 0 Å². The minimum atomic E-state index is -0.120. The summed E-state index contributed by atoms with van der Waals surface area (Å²) in [4.78, 5) is 14.9. The van der Waals surface area contributed by atoms with Gasteiger partial charge in [0, 0.05) is 12.1 Å². The molecule has 3 nitrogen and oxygen atoms in total. The number of carbonyl (C=O) groups excluding carboxylic acids is 1. The van der Waals surface area contributed by atoms with Crippen LogP contribution in [-0.4, -0.2) is 30.4 Å². The molecule has 1 atom stereocenters.